The number of methoxy groups -OCH3 is 1. The molecule has 0 saturated heterocycles. The monoisotopic (exact) mass is 385 g/mol. The molecule has 3 rings (SSSR count). The van der Waals surface area contributed by atoms with E-state index in [0.717, 1.165) is 16.7 Å². The van der Waals surface area contributed by atoms with Gasteiger partial charge in [-0.1, -0.05) is 6.07 Å². The lowest BCUT2D eigenvalue weighted by molar-refractivity contribution is -0.253. The third kappa shape index (κ3) is 3.48. The first-order valence-electron chi connectivity index (χ1n) is 7.37. The third-order valence-electron chi connectivity index (χ3n) is 3.53. The number of carbonyl (C=O) groups excluding carboxylic acids is 1. The number of H-pyrrole nitrogens is 1. The Labute approximate surface area is 148 Å². The van der Waals surface area contributed by atoms with Crippen molar-refractivity contribution < 1.29 is 31.8 Å². The smallest absolute Gasteiger partial charge is 0.461 e. The average molecular weight is 385 g/mol. The van der Waals surface area contributed by atoms with Gasteiger partial charge in [0, 0.05) is 12.3 Å². The third-order valence-corrected chi connectivity index (χ3v) is 3.53. The minimum absolute atomic E-state index is 0.0483. The van der Waals surface area contributed by atoms with Crippen LogP contribution < -0.4 is 10.4 Å². The summed E-state index contributed by atoms with van der Waals surface area (Å²) in [6, 6.07) is 5.99. The van der Waals surface area contributed by atoms with Gasteiger partial charge >= 0.3 is 24.2 Å². The summed E-state index contributed by atoms with van der Waals surface area (Å²) >= 11 is 0. The summed E-state index contributed by atoms with van der Waals surface area (Å²) in [5.74, 6) is -1.23. The molecule has 0 aliphatic rings. The number of benzene rings is 1. The maximum Gasteiger partial charge on any atom is 0.461 e. The normalized spacial score (nSPS) is 11.8. The summed E-state index contributed by atoms with van der Waals surface area (Å²) in [5, 5.41) is 0. The lowest BCUT2D eigenvalue weighted by Gasteiger charge is -2.17. The molecule has 11 heteroatoms. The van der Waals surface area contributed by atoms with E-state index >= 15 is 0 Å². The fraction of sp³-hybridized carbons (Fsp3) is 0.188. The molecule has 2 aromatic heterocycles. The van der Waals surface area contributed by atoms with E-state index in [1.807, 2.05) is 0 Å². The second-order valence-electron chi connectivity index (χ2n) is 5.31. The van der Waals surface area contributed by atoms with Gasteiger partial charge in [0.1, 0.15) is 5.75 Å². The van der Waals surface area contributed by atoms with E-state index in [9.17, 15) is 27.2 Å². The van der Waals surface area contributed by atoms with Crippen molar-refractivity contribution in [1.29, 1.82) is 0 Å². The van der Waals surface area contributed by atoms with E-state index in [1.54, 1.807) is 0 Å². The molecule has 27 heavy (non-hydrogen) atoms. The van der Waals surface area contributed by atoms with Crippen molar-refractivity contribution >= 4 is 17.1 Å². The summed E-state index contributed by atoms with van der Waals surface area (Å²) in [6.07, 6.45) is -7.53. The van der Waals surface area contributed by atoms with Gasteiger partial charge in [0.05, 0.1) is 23.9 Å². The number of nitrogens with zero attached hydrogens (tertiary/aromatic N) is 2. The molecule has 0 spiro atoms. The van der Waals surface area contributed by atoms with Gasteiger partial charge in [-0.2, -0.15) is 17.6 Å². The summed E-state index contributed by atoms with van der Waals surface area (Å²) in [6.45, 7) is 0. The summed E-state index contributed by atoms with van der Waals surface area (Å²) < 4.78 is 60.4. The SMILES string of the molecule is COC(=O)c1cnc2c(c1)[nH]c(=O)n2-c1cccc(OC(F)(F)C(F)F)c1. The van der Waals surface area contributed by atoms with Crippen LogP contribution >= 0.6 is 0 Å². The number of carbonyl (C=O) groups is 1. The Morgan fingerprint density at radius 2 is 2.04 bits per heavy atom. The fourth-order valence-electron chi connectivity index (χ4n) is 2.35. The number of imidazole rings is 1. The second-order valence-corrected chi connectivity index (χ2v) is 5.31. The van der Waals surface area contributed by atoms with Gasteiger partial charge in [-0.3, -0.25) is 0 Å². The first kappa shape index (κ1) is 18.4. The number of aromatic amines is 1. The van der Waals surface area contributed by atoms with E-state index in [2.05, 4.69) is 19.4 Å². The number of aromatic nitrogens is 3. The predicted molar refractivity (Wildman–Crippen MR) is 84.6 cm³/mol. The molecule has 1 N–H and O–H groups in total. The summed E-state index contributed by atoms with van der Waals surface area (Å²) in [5.41, 5.74) is -0.269. The molecule has 1 aromatic carbocycles. The zero-order valence-corrected chi connectivity index (χ0v) is 13.6. The number of pyridine rings is 1. The van der Waals surface area contributed by atoms with Crippen LogP contribution in [0.2, 0.25) is 0 Å². The molecule has 0 radical (unpaired) electrons. The molecule has 0 unspecified atom stereocenters. The molecule has 0 aliphatic carbocycles. The highest BCUT2D eigenvalue weighted by molar-refractivity contribution is 5.92. The van der Waals surface area contributed by atoms with Crippen molar-refractivity contribution in [3.8, 4) is 11.4 Å². The molecule has 0 saturated carbocycles. The van der Waals surface area contributed by atoms with E-state index in [0.29, 0.717) is 0 Å². The van der Waals surface area contributed by atoms with Gasteiger partial charge in [0.15, 0.2) is 5.65 Å². The number of nitrogens with one attached hydrogen (secondary N) is 1. The first-order chi connectivity index (χ1) is 12.7. The Balaban J connectivity index is 2.05. The van der Waals surface area contributed by atoms with Crippen molar-refractivity contribution in [3.05, 3.63) is 52.6 Å². The van der Waals surface area contributed by atoms with Gasteiger partial charge < -0.3 is 14.5 Å². The molecular formula is C16H11F4N3O4. The number of hydrogen-bond donors (Lipinski definition) is 1. The van der Waals surface area contributed by atoms with Crippen LogP contribution in [-0.2, 0) is 4.74 Å². The van der Waals surface area contributed by atoms with Gasteiger partial charge in [-0.15, -0.1) is 0 Å². The highest BCUT2D eigenvalue weighted by Crippen LogP contribution is 2.28. The van der Waals surface area contributed by atoms with Crippen LogP contribution in [0.3, 0.4) is 0 Å². The molecule has 0 amide bonds. The van der Waals surface area contributed by atoms with Crippen LogP contribution in [0, 0.1) is 0 Å². The van der Waals surface area contributed by atoms with Crippen LogP contribution in [0.1, 0.15) is 10.4 Å². The zero-order valence-electron chi connectivity index (χ0n) is 13.6. The number of fused-ring (bicyclic) bond motifs is 1. The molecule has 3 aromatic rings. The Bertz CT molecular complexity index is 1060. The standard InChI is InChI=1S/C16H11F4N3O4/c1-26-13(24)8-5-11-12(21-7-8)23(15(25)22-11)9-3-2-4-10(6-9)27-16(19,20)14(17)18/h2-7,14H,1H3,(H,22,25). The number of hydrogen-bond acceptors (Lipinski definition) is 5. The molecule has 7 nitrogen and oxygen atoms in total. The van der Waals surface area contributed by atoms with Crippen molar-refractivity contribution in [2.75, 3.05) is 7.11 Å². The van der Waals surface area contributed by atoms with Crippen LogP contribution in [0.4, 0.5) is 17.6 Å². The molecular weight excluding hydrogens is 374 g/mol. The largest absolute Gasteiger partial charge is 0.465 e. The Morgan fingerprint density at radius 3 is 2.70 bits per heavy atom. The van der Waals surface area contributed by atoms with Crippen LogP contribution in [0.15, 0.2) is 41.3 Å². The van der Waals surface area contributed by atoms with Crippen molar-refractivity contribution in [1.82, 2.24) is 14.5 Å². The number of rotatable bonds is 5. The first-order valence-corrected chi connectivity index (χ1v) is 7.37. The summed E-state index contributed by atoms with van der Waals surface area (Å²) in [7, 11) is 1.18. The highest BCUT2D eigenvalue weighted by atomic mass is 19.3. The Hall–Kier alpha value is -3.37. The van der Waals surface area contributed by atoms with E-state index in [1.165, 1.54) is 31.5 Å². The van der Waals surface area contributed by atoms with Gasteiger partial charge in [-0.05, 0) is 18.2 Å². The molecule has 0 atom stereocenters. The number of ether oxygens (including phenoxy) is 2. The molecule has 0 bridgehead atoms. The van der Waals surface area contributed by atoms with Crippen molar-refractivity contribution in [2.45, 2.75) is 12.5 Å². The van der Waals surface area contributed by atoms with E-state index < -0.39 is 29.9 Å². The minimum Gasteiger partial charge on any atom is -0.465 e. The number of esters is 1. The highest BCUT2D eigenvalue weighted by Gasteiger charge is 2.44. The Kier molecular flexibility index (Phi) is 4.60. The van der Waals surface area contributed by atoms with Gasteiger partial charge in [0.25, 0.3) is 0 Å². The van der Waals surface area contributed by atoms with Crippen LogP contribution in [0.25, 0.3) is 16.9 Å². The maximum absolute atomic E-state index is 13.1. The topological polar surface area (TPSA) is 86.2 Å². The lowest BCUT2D eigenvalue weighted by Crippen LogP contribution is -2.33. The number of alkyl halides is 4. The molecule has 142 valence electrons. The van der Waals surface area contributed by atoms with Crippen LogP contribution in [-0.4, -0.2) is 40.1 Å². The average Bonchev–Trinajstić information content (AvgIpc) is 2.95. The lowest BCUT2D eigenvalue weighted by atomic mass is 10.2. The predicted octanol–water partition coefficient (Wildman–Crippen LogP) is 2.74. The number of halogens is 4. The van der Waals surface area contributed by atoms with Gasteiger partial charge in [-0.25, -0.2) is 19.1 Å². The van der Waals surface area contributed by atoms with Crippen LogP contribution in [0.5, 0.6) is 5.75 Å². The maximum atomic E-state index is 13.1. The summed E-state index contributed by atoms with van der Waals surface area (Å²) in [4.78, 5) is 30.2. The van der Waals surface area contributed by atoms with Crippen molar-refractivity contribution in [3.63, 3.8) is 0 Å². The Morgan fingerprint density at radius 1 is 1.30 bits per heavy atom. The minimum atomic E-state index is -4.68. The molecule has 0 fully saturated rings. The fourth-order valence-corrected chi connectivity index (χ4v) is 2.35. The van der Waals surface area contributed by atoms with E-state index in [4.69, 9.17) is 0 Å². The van der Waals surface area contributed by atoms with E-state index in [-0.39, 0.29) is 22.4 Å². The molecule has 0 aliphatic heterocycles. The zero-order chi connectivity index (χ0) is 19.8. The van der Waals surface area contributed by atoms with Crippen molar-refractivity contribution in [2.24, 2.45) is 0 Å². The quantitative estimate of drug-likeness (QED) is 0.539. The van der Waals surface area contributed by atoms with Gasteiger partial charge in [0.2, 0.25) is 0 Å². The second kappa shape index (κ2) is 6.74. The molecule has 2 heterocycles.